The van der Waals surface area contributed by atoms with Crippen LogP contribution >= 0.6 is 11.6 Å². The summed E-state index contributed by atoms with van der Waals surface area (Å²) in [6, 6.07) is 5.47. The van der Waals surface area contributed by atoms with Gasteiger partial charge in [0, 0.05) is 11.6 Å². The summed E-state index contributed by atoms with van der Waals surface area (Å²) < 4.78 is 38.6. The molecule has 0 saturated heterocycles. The zero-order valence-corrected chi connectivity index (χ0v) is 10.7. The first-order valence-electron chi connectivity index (χ1n) is 6.08. The summed E-state index contributed by atoms with van der Waals surface area (Å²) in [6.07, 6.45) is -1.91. The molecule has 1 aliphatic rings. The normalized spacial score (nSPS) is 19.5. The van der Waals surface area contributed by atoms with Gasteiger partial charge in [0.25, 0.3) is 0 Å². The number of hydrogen-bond acceptors (Lipinski definition) is 1. The van der Waals surface area contributed by atoms with Gasteiger partial charge in [0.05, 0.1) is 5.92 Å². The van der Waals surface area contributed by atoms with E-state index in [2.05, 4.69) is 4.98 Å². The van der Waals surface area contributed by atoms with E-state index >= 15 is 0 Å². The number of alkyl halides is 3. The molecule has 0 N–H and O–H groups in total. The summed E-state index contributed by atoms with van der Waals surface area (Å²) in [5.74, 6) is -1.25. The quantitative estimate of drug-likeness (QED) is 0.647. The Labute approximate surface area is 113 Å². The van der Waals surface area contributed by atoms with Crippen LogP contribution in [0.25, 0.3) is 10.8 Å². The van der Waals surface area contributed by atoms with Gasteiger partial charge in [-0.15, -0.1) is 0 Å². The Hall–Kier alpha value is -1.29. The van der Waals surface area contributed by atoms with Crippen LogP contribution in [0.1, 0.15) is 17.5 Å². The van der Waals surface area contributed by atoms with Gasteiger partial charge in [0.1, 0.15) is 5.15 Å². The van der Waals surface area contributed by atoms with Crippen molar-refractivity contribution in [1.29, 1.82) is 0 Å². The van der Waals surface area contributed by atoms with E-state index in [4.69, 9.17) is 11.6 Å². The molecule has 19 heavy (non-hydrogen) atoms. The number of aryl methyl sites for hydroxylation is 1. The highest BCUT2D eigenvalue weighted by Crippen LogP contribution is 2.40. The first-order valence-corrected chi connectivity index (χ1v) is 6.46. The first-order chi connectivity index (χ1) is 8.97. The van der Waals surface area contributed by atoms with Gasteiger partial charge in [-0.05, 0) is 41.8 Å². The molecule has 0 fully saturated rings. The molecule has 0 amide bonds. The van der Waals surface area contributed by atoms with E-state index in [1.54, 1.807) is 12.3 Å². The summed E-state index contributed by atoms with van der Waals surface area (Å²) >= 11 is 5.99. The Balaban J connectivity index is 2.14. The van der Waals surface area contributed by atoms with Gasteiger partial charge in [-0.1, -0.05) is 23.7 Å². The van der Waals surface area contributed by atoms with E-state index in [-0.39, 0.29) is 12.8 Å². The third-order valence-corrected chi connectivity index (χ3v) is 4.08. The van der Waals surface area contributed by atoms with Crippen LogP contribution in [-0.4, -0.2) is 11.2 Å². The fraction of sp³-hybridized carbons (Fsp3) is 0.357. The summed E-state index contributed by atoms with van der Waals surface area (Å²) in [6.45, 7) is 0. The average Bonchev–Trinajstić information content (AvgIpc) is 2.37. The Morgan fingerprint density at radius 2 is 1.95 bits per heavy atom. The molecule has 100 valence electrons. The summed E-state index contributed by atoms with van der Waals surface area (Å²) in [7, 11) is 0. The molecule has 1 unspecified atom stereocenters. The van der Waals surface area contributed by atoms with Crippen LogP contribution in [0.5, 0.6) is 0 Å². The smallest absolute Gasteiger partial charge is 0.244 e. The number of aromatic nitrogens is 1. The van der Waals surface area contributed by atoms with Crippen molar-refractivity contribution in [1.82, 2.24) is 4.98 Å². The lowest BCUT2D eigenvalue weighted by molar-refractivity contribution is -0.176. The van der Waals surface area contributed by atoms with Crippen LogP contribution in [0.15, 0.2) is 24.4 Å². The van der Waals surface area contributed by atoms with Gasteiger partial charge in [-0.2, -0.15) is 13.2 Å². The molecular weight excluding hydrogens is 275 g/mol. The maximum atomic E-state index is 12.9. The number of hydrogen-bond donors (Lipinski definition) is 0. The van der Waals surface area contributed by atoms with Crippen molar-refractivity contribution in [2.45, 2.75) is 25.4 Å². The lowest BCUT2D eigenvalue weighted by Gasteiger charge is -2.27. The van der Waals surface area contributed by atoms with E-state index in [0.717, 1.165) is 21.9 Å². The lowest BCUT2D eigenvalue weighted by atomic mass is 9.81. The van der Waals surface area contributed by atoms with Crippen LogP contribution in [0.4, 0.5) is 13.2 Å². The monoisotopic (exact) mass is 285 g/mol. The molecule has 0 spiro atoms. The number of pyridine rings is 1. The SMILES string of the molecule is FC(F)(F)C1CCc2ccc3c(Cl)nccc3c2C1. The van der Waals surface area contributed by atoms with Crippen molar-refractivity contribution in [3.8, 4) is 0 Å². The van der Waals surface area contributed by atoms with Crippen LogP contribution in [0, 0.1) is 5.92 Å². The van der Waals surface area contributed by atoms with Crippen molar-refractivity contribution in [3.05, 3.63) is 40.7 Å². The standard InChI is InChI=1S/C14H11ClF3N/c15-13-11-4-2-8-1-3-9(14(16,17)18)7-12(8)10(11)5-6-19-13/h2,4-6,9H,1,3,7H2. The minimum absolute atomic E-state index is 0.0382. The van der Waals surface area contributed by atoms with Crippen LogP contribution < -0.4 is 0 Å². The van der Waals surface area contributed by atoms with E-state index in [1.807, 2.05) is 12.1 Å². The minimum Gasteiger partial charge on any atom is -0.244 e. The molecule has 1 aliphatic carbocycles. The van der Waals surface area contributed by atoms with Crippen molar-refractivity contribution in [2.24, 2.45) is 5.92 Å². The maximum absolute atomic E-state index is 12.9. The highest BCUT2D eigenvalue weighted by Gasteiger charge is 2.41. The van der Waals surface area contributed by atoms with E-state index < -0.39 is 12.1 Å². The van der Waals surface area contributed by atoms with Gasteiger partial charge >= 0.3 is 6.18 Å². The zero-order valence-electron chi connectivity index (χ0n) is 9.97. The minimum atomic E-state index is -4.13. The summed E-state index contributed by atoms with van der Waals surface area (Å²) in [4.78, 5) is 3.97. The van der Waals surface area contributed by atoms with Crippen LogP contribution in [0.2, 0.25) is 5.15 Å². The van der Waals surface area contributed by atoms with E-state index in [1.165, 1.54) is 0 Å². The van der Waals surface area contributed by atoms with Crippen molar-refractivity contribution >= 4 is 22.4 Å². The van der Waals surface area contributed by atoms with Crippen molar-refractivity contribution < 1.29 is 13.2 Å². The number of fused-ring (bicyclic) bond motifs is 3. The number of nitrogens with zero attached hydrogens (tertiary/aromatic N) is 1. The van der Waals surface area contributed by atoms with E-state index in [9.17, 15) is 13.2 Å². The average molecular weight is 286 g/mol. The van der Waals surface area contributed by atoms with Gasteiger partial charge < -0.3 is 0 Å². The van der Waals surface area contributed by atoms with Gasteiger partial charge in [-0.3, -0.25) is 0 Å². The molecule has 0 radical (unpaired) electrons. The molecule has 0 saturated carbocycles. The molecule has 1 heterocycles. The van der Waals surface area contributed by atoms with Gasteiger partial charge in [0.2, 0.25) is 0 Å². The number of rotatable bonds is 0. The van der Waals surface area contributed by atoms with E-state index in [0.29, 0.717) is 11.6 Å². The Morgan fingerprint density at radius 1 is 1.16 bits per heavy atom. The fourth-order valence-electron chi connectivity index (χ4n) is 2.76. The topological polar surface area (TPSA) is 12.9 Å². The molecule has 2 aromatic rings. The molecule has 1 atom stereocenters. The first kappa shape index (κ1) is 12.7. The second kappa shape index (κ2) is 4.37. The predicted molar refractivity (Wildman–Crippen MR) is 68.3 cm³/mol. The lowest BCUT2D eigenvalue weighted by Crippen LogP contribution is -2.29. The molecule has 1 aromatic carbocycles. The fourth-order valence-corrected chi connectivity index (χ4v) is 2.98. The van der Waals surface area contributed by atoms with Crippen LogP contribution in [-0.2, 0) is 12.8 Å². The van der Waals surface area contributed by atoms with Gasteiger partial charge in [-0.25, -0.2) is 4.98 Å². The Bertz CT molecular complexity index is 636. The Kier molecular flexibility index (Phi) is 2.93. The molecule has 3 rings (SSSR count). The third-order valence-electron chi connectivity index (χ3n) is 3.78. The molecular formula is C14H11ClF3N. The molecule has 0 aliphatic heterocycles. The molecule has 5 heteroatoms. The number of halogens is 4. The second-order valence-corrected chi connectivity index (χ2v) is 5.24. The van der Waals surface area contributed by atoms with Gasteiger partial charge in [0.15, 0.2) is 0 Å². The highest BCUT2D eigenvalue weighted by atomic mass is 35.5. The predicted octanol–water partition coefficient (Wildman–Crippen LogP) is 4.56. The summed E-state index contributed by atoms with van der Waals surface area (Å²) in [5, 5.41) is 1.87. The maximum Gasteiger partial charge on any atom is 0.392 e. The third kappa shape index (κ3) is 2.18. The summed E-state index contributed by atoms with van der Waals surface area (Å²) in [5.41, 5.74) is 1.77. The molecule has 0 bridgehead atoms. The van der Waals surface area contributed by atoms with Crippen LogP contribution in [0.3, 0.4) is 0 Å². The zero-order chi connectivity index (χ0) is 13.6. The largest absolute Gasteiger partial charge is 0.392 e. The second-order valence-electron chi connectivity index (χ2n) is 4.88. The van der Waals surface area contributed by atoms with Crippen molar-refractivity contribution in [3.63, 3.8) is 0 Å². The molecule has 1 aromatic heterocycles. The highest BCUT2D eigenvalue weighted by molar-refractivity contribution is 6.34. The number of benzene rings is 1. The van der Waals surface area contributed by atoms with Crippen molar-refractivity contribution in [2.75, 3.05) is 0 Å². The Morgan fingerprint density at radius 3 is 2.68 bits per heavy atom. The molecule has 1 nitrogen and oxygen atoms in total.